The van der Waals surface area contributed by atoms with Crippen molar-refractivity contribution in [3.8, 4) is 11.5 Å². The van der Waals surface area contributed by atoms with Gasteiger partial charge in [0.2, 0.25) is 0 Å². The normalized spacial score (nSPS) is 19.3. The van der Waals surface area contributed by atoms with Gasteiger partial charge in [0.15, 0.2) is 11.5 Å². The predicted octanol–water partition coefficient (Wildman–Crippen LogP) is 3.18. The largest absolute Gasteiger partial charge is 0.486 e. The van der Waals surface area contributed by atoms with Gasteiger partial charge in [-0.25, -0.2) is 0 Å². The third kappa shape index (κ3) is 1.78. The number of carbonyl (C=O) groups is 1. The molecular formula is C15H17ClO4. The Morgan fingerprint density at radius 1 is 1.40 bits per heavy atom. The van der Waals surface area contributed by atoms with Crippen molar-refractivity contribution in [1.29, 1.82) is 0 Å². The van der Waals surface area contributed by atoms with Crippen LogP contribution in [0.1, 0.15) is 37.3 Å². The highest BCUT2D eigenvalue weighted by atomic mass is 35.5. The van der Waals surface area contributed by atoms with E-state index in [0.29, 0.717) is 49.0 Å². The fourth-order valence-electron chi connectivity index (χ4n) is 3.09. The van der Waals surface area contributed by atoms with Gasteiger partial charge in [-0.1, -0.05) is 24.9 Å². The molecule has 1 aromatic rings. The van der Waals surface area contributed by atoms with E-state index in [1.807, 2.05) is 13.0 Å². The van der Waals surface area contributed by atoms with E-state index in [1.165, 1.54) is 0 Å². The molecule has 1 heterocycles. The zero-order valence-corrected chi connectivity index (χ0v) is 12.1. The molecule has 3 rings (SSSR count). The van der Waals surface area contributed by atoms with Gasteiger partial charge in [0, 0.05) is 0 Å². The lowest BCUT2D eigenvalue weighted by atomic mass is 9.63. The first-order chi connectivity index (χ1) is 9.60. The van der Waals surface area contributed by atoms with Gasteiger partial charge in [0.25, 0.3) is 0 Å². The van der Waals surface area contributed by atoms with Crippen molar-refractivity contribution in [2.45, 2.75) is 38.0 Å². The molecule has 0 radical (unpaired) electrons. The number of rotatable bonds is 3. The highest BCUT2D eigenvalue weighted by Crippen LogP contribution is 2.51. The van der Waals surface area contributed by atoms with Crippen LogP contribution in [0.3, 0.4) is 0 Å². The Kier molecular flexibility index (Phi) is 3.28. The molecule has 2 aliphatic rings. The summed E-state index contributed by atoms with van der Waals surface area (Å²) in [5.41, 5.74) is 0.871. The monoisotopic (exact) mass is 296 g/mol. The maximum Gasteiger partial charge on any atom is 0.314 e. The van der Waals surface area contributed by atoms with Gasteiger partial charge in [-0.15, -0.1) is 0 Å². The molecule has 0 saturated heterocycles. The van der Waals surface area contributed by atoms with Crippen LogP contribution in [0, 0.1) is 0 Å². The third-order valence-electron chi connectivity index (χ3n) is 4.36. The number of hydrogen-bond donors (Lipinski definition) is 1. The molecule has 1 aliphatic heterocycles. The number of aliphatic carboxylic acids is 1. The van der Waals surface area contributed by atoms with Crippen molar-refractivity contribution in [3.63, 3.8) is 0 Å². The van der Waals surface area contributed by atoms with Crippen molar-refractivity contribution in [1.82, 2.24) is 0 Å². The first kappa shape index (κ1) is 13.6. The zero-order valence-electron chi connectivity index (χ0n) is 11.4. The van der Waals surface area contributed by atoms with Gasteiger partial charge in [-0.2, -0.15) is 0 Å². The average molecular weight is 297 g/mol. The van der Waals surface area contributed by atoms with Crippen LogP contribution < -0.4 is 9.47 Å². The van der Waals surface area contributed by atoms with Crippen molar-refractivity contribution < 1.29 is 19.4 Å². The second-order valence-corrected chi connectivity index (χ2v) is 5.71. The molecule has 0 unspecified atom stereocenters. The lowest BCUT2D eigenvalue weighted by molar-refractivity contribution is -0.147. The number of ether oxygens (including phenoxy) is 2. The lowest BCUT2D eigenvalue weighted by Crippen LogP contribution is -2.43. The highest BCUT2D eigenvalue weighted by Gasteiger charge is 2.48. The summed E-state index contributed by atoms with van der Waals surface area (Å²) in [4.78, 5) is 11.7. The SMILES string of the molecule is CCc1c(C2(C(=O)O)CCC2)cc2c(c1Cl)OCCO2. The molecule has 5 heteroatoms. The van der Waals surface area contributed by atoms with Crippen LogP contribution in [-0.4, -0.2) is 24.3 Å². The van der Waals surface area contributed by atoms with Crippen LogP contribution >= 0.6 is 11.6 Å². The number of carboxylic acids is 1. The van der Waals surface area contributed by atoms with Gasteiger partial charge < -0.3 is 14.6 Å². The molecular weight excluding hydrogens is 280 g/mol. The Labute approximate surface area is 122 Å². The molecule has 20 heavy (non-hydrogen) atoms. The number of fused-ring (bicyclic) bond motifs is 1. The Morgan fingerprint density at radius 2 is 2.10 bits per heavy atom. The molecule has 108 valence electrons. The van der Waals surface area contributed by atoms with Crippen molar-refractivity contribution >= 4 is 17.6 Å². The van der Waals surface area contributed by atoms with Crippen LogP contribution in [0.5, 0.6) is 11.5 Å². The minimum absolute atomic E-state index is 0.467. The van der Waals surface area contributed by atoms with Gasteiger partial charge in [-0.05, 0) is 36.5 Å². The van der Waals surface area contributed by atoms with Crippen LogP contribution in [0.25, 0.3) is 0 Å². The molecule has 4 nitrogen and oxygen atoms in total. The third-order valence-corrected chi connectivity index (χ3v) is 4.76. The first-order valence-electron chi connectivity index (χ1n) is 6.95. The fraction of sp³-hybridized carbons (Fsp3) is 0.533. The Balaban J connectivity index is 2.20. The Morgan fingerprint density at radius 3 is 2.65 bits per heavy atom. The molecule has 1 fully saturated rings. The van der Waals surface area contributed by atoms with E-state index < -0.39 is 11.4 Å². The van der Waals surface area contributed by atoms with Crippen LogP contribution in [-0.2, 0) is 16.6 Å². The van der Waals surface area contributed by atoms with Crippen molar-refractivity contribution in [2.75, 3.05) is 13.2 Å². The standard InChI is InChI=1S/C15H17ClO4/c1-2-9-10(15(14(17)18)4-3-5-15)8-11-13(12(9)16)20-7-6-19-11/h8H,2-7H2,1H3,(H,17,18). The molecule has 1 N–H and O–H groups in total. The number of benzene rings is 1. The van der Waals surface area contributed by atoms with Crippen molar-refractivity contribution in [2.24, 2.45) is 0 Å². The van der Waals surface area contributed by atoms with E-state index in [4.69, 9.17) is 21.1 Å². The second kappa shape index (κ2) is 4.85. The predicted molar refractivity (Wildman–Crippen MR) is 75.0 cm³/mol. The van der Waals surface area contributed by atoms with Crippen molar-refractivity contribution in [3.05, 3.63) is 22.2 Å². The maximum atomic E-state index is 11.7. The summed E-state index contributed by atoms with van der Waals surface area (Å²) in [6.07, 6.45) is 2.93. The molecule has 0 spiro atoms. The summed E-state index contributed by atoms with van der Waals surface area (Å²) in [7, 11) is 0. The maximum absolute atomic E-state index is 11.7. The van der Waals surface area contributed by atoms with E-state index >= 15 is 0 Å². The zero-order chi connectivity index (χ0) is 14.3. The summed E-state index contributed by atoms with van der Waals surface area (Å²) in [6, 6.07) is 1.83. The van der Waals surface area contributed by atoms with Crippen LogP contribution in [0.15, 0.2) is 6.07 Å². The fourth-order valence-corrected chi connectivity index (χ4v) is 3.47. The molecule has 0 aromatic heterocycles. The summed E-state index contributed by atoms with van der Waals surface area (Å²) in [5, 5.41) is 10.1. The number of carboxylic acid groups (broad SMARTS) is 1. The summed E-state index contributed by atoms with van der Waals surface area (Å²) in [5.74, 6) is 0.352. The molecule has 1 aromatic carbocycles. The summed E-state index contributed by atoms with van der Waals surface area (Å²) in [6.45, 7) is 2.92. The van der Waals surface area contributed by atoms with E-state index in [1.54, 1.807) is 0 Å². The van der Waals surface area contributed by atoms with Gasteiger partial charge in [-0.3, -0.25) is 4.79 Å². The molecule has 0 amide bonds. The topological polar surface area (TPSA) is 55.8 Å². The Bertz CT molecular complexity index is 563. The quantitative estimate of drug-likeness (QED) is 0.931. The summed E-state index contributed by atoms with van der Waals surface area (Å²) >= 11 is 6.43. The number of halogens is 1. The van der Waals surface area contributed by atoms with Gasteiger partial charge in [0.1, 0.15) is 13.2 Å². The summed E-state index contributed by atoms with van der Waals surface area (Å²) < 4.78 is 11.2. The minimum Gasteiger partial charge on any atom is -0.486 e. The molecule has 0 bridgehead atoms. The van der Waals surface area contributed by atoms with Crippen LogP contribution in [0.2, 0.25) is 5.02 Å². The first-order valence-corrected chi connectivity index (χ1v) is 7.33. The van der Waals surface area contributed by atoms with E-state index in [0.717, 1.165) is 17.5 Å². The highest BCUT2D eigenvalue weighted by molar-refractivity contribution is 6.33. The Hall–Kier alpha value is -1.42. The average Bonchev–Trinajstić information content (AvgIpc) is 2.37. The molecule has 0 atom stereocenters. The minimum atomic E-state index is -0.801. The molecule has 1 aliphatic carbocycles. The van der Waals surface area contributed by atoms with E-state index in [9.17, 15) is 9.90 Å². The smallest absolute Gasteiger partial charge is 0.314 e. The lowest BCUT2D eigenvalue weighted by Gasteiger charge is -2.40. The second-order valence-electron chi connectivity index (χ2n) is 5.34. The van der Waals surface area contributed by atoms with Gasteiger partial charge >= 0.3 is 5.97 Å². The molecule has 1 saturated carbocycles. The van der Waals surface area contributed by atoms with Gasteiger partial charge in [0.05, 0.1) is 10.4 Å². The van der Waals surface area contributed by atoms with E-state index in [2.05, 4.69) is 0 Å². The van der Waals surface area contributed by atoms with Crippen LogP contribution in [0.4, 0.5) is 0 Å². The van der Waals surface area contributed by atoms with E-state index in [-0.39, 0.29) is 0 Å². The number of hydrogen-bond acceptors (Lipinski definition) is 3.